The number of benzene rings is 1. The van der Waals surface area contributed by atoms with Crippen LogP contribution in [0.4, 0.5) is 9.80 Å². The van der Waals surface area contributed by atoms with E-state index in [1.54, 1.807) is 44.7 Å². The van der Waals surface area contributed by atoms with Gasteiger partial charge in [0.05, 0.1) is 18.8 Å². The Kier molecular flexibility index (Phi) is 10.7. The molecule has 0 unspecified atom stereocenters. The summed E-state index contributed by atoms with van der Waals surface area (Å²) in [6.07, 6.45) is -0.105. The zero-order valence-electron chi connectivity index (χ0n) is 18.5. The van der Waals surface area contributed by atoms with Crippen molar-refractivity contribution >= 4 is 63.6 Å². The summed E-state index contributed by atoms with van der Waals surface area (Å²) in [5.74, 6) is -0.979. The summed E-state index contributed by atoms with van der Waals surface area (Å²) < 4.78 is 9.77. The lowest BCUT2D eigenvalue weighted by molar-refractivity contribution is -0.116. The van der Waals surface area contributed by atoms with Crippen molar-refractivity contribution in [3.05, 3.63) is 45.3 Å². The van der Waals surface area contributed by atoms with E-state index >= 15 is 0 Å². The first-order valence-corrected chi connectivity index (χ1v) is 12.4. The number of hydrogen-bond acceptors (Lipinski definition) is 8. The molecular weight excluding hydrogens is 488 g/mol. The molecule has 8 nitrogen and oxygen atoms in total. The van der Waals surface area contributed by atoms with Crippen molar-refractivity contribution in [2.75, 3.05) is 24.3 Å². The second-order valence-electron chi connectivity index (χ2n) is 6.61. The van der Waals surface area contributed by atoms with Gasteiger partial charge >= 0.3 is 12.1 Å². The molecule has 178 valence electrons. The van der Waals surface area contributed by atoms with Gasteiger partial charge in [0.1, 0.15) is 9.88 Å². The number of carbonyl (C=O) groups is 4. The maximum atomic E-state index is 12.7. The van der Waals surface area contributed by atoms with Crippen LogP contribution >= 0.6 is 34.7 Å². The second kappa shape index (κ2) is 13.2. The van der Waals surface area contributed by atoms with Gasteiger partial charge < -0.3 is 14.8 Å². The van der Waals surface area contributed by atoms with E-state index in [0.29, 0.717) is 22.8 Å². The second-order valence-corrected chi connectivity index (χ2v) is 9.23. The predicted molar refractivity (Wildman–Crippen MR) is 130 cm³/mol. The van der Waals surface area contributed by atoms with Crippen LogP contribution in [0.5, 0.6) is 0 Å². The number of nitrogens with one attached hydrogen (secondary N) is 2. The fourth-order valence-corrected chi connectivity index (χ4v) is 4.82. The molecule has 1 aromatic heterocycles. The van der Waals surface area contributed by atoms with Gasteiger partial charge in [0, 0.05) is 16.3 Å². The molecule has 2 N–H and O–H groups in total. The molecule has 0 atom stereocenters. The molecule has 0 spiro atoms. The number of thioether (sulfide) groups is 1. The minimum Gasteiger partial charge on any atom is -0.462 e. The number of thiophene rings is 1. The first-order valence-electron chi connectivity index (χ1n) is 10.2. The van der Waals surface area contributed by atoms with Gasteiger partial charge in [-0.05, 0) is 62.8 Å². The van der Waals surface area contributed by atoms with Gasteiger partial charge in [0.15, 0.2) is 0 Å². The standard InChI is InChI=1S/C22H25ClN2O6S2/c1-4-30-21(28)18-13(3)17(19(27)25-22(29)31-5-2)20(33-18)24-16(26)7-6-12-32-15-10-8-14(23)9-11-15/h8-11H,4-7,12H2,1-3H3,(H,24,26)(H,25,27,29). The fraction of sp³-hybridized carbons (Fsp3) is 0.364. The third-order valence-corrected chi connectivity index (χ3v) is 6.75. The lowest BCUT2D eigenvalue weighted by atomic mass is 10.1. The number of ether oxygens (including phenoxy) is 2. The van der Waals surface area contributed by atoms with Crippen molar-refractivity contribution in [3.63, 3.8) is 0 Å². The summed E-state index contributed by atoms with van der Waals surface area (Å²) in [5, 5.41) is 5.63. The summed E-state index contributed by atoms with van der Waals surface area (Å²) in [5.41, 5.74) is 0.342. The molecule has 1 aromatic carbocycles. The molecular formula is C22H25ClN2O6S2. The van der Waals surface area contributed by atoms with Crippen molar-refractivity contribution in [1.82, 2.24) is 5.32 Å². The molecule has 0 aliphatic carbocycles. The average Bonchev–Trinajstić information content (AvgIpc) is 3.08. The third-order valence-electron chi connectivity index (χ3n) is 4.21. The number of hydrogen-bond donors (Lipinski definition) is 2. The van der Waals surface area contributed by atoms with Gasteiger partial charge in [-0.25, -0.2) is 9.59 Å². The molecule has 0 bridgehead atoms. The Labute approximate surface area is 205 Å². The van der Waals surface area contributed by atoms with E-state index in [1.807, 2.05) is 12.1 Å². The number of imide groups is 1. The van der Waals surface area contributed by atoms with E-state index in [-0.39, 0.29) is 41.0 Å². The maximum absolute atomic E-state index is 12.7. The smallest absolute Gasteiger partial charge is 0.414 e. The molecule has 0 saturated heterocycles. The largest absolute Gasteiger partial charge is 0.462 e. The van der Waals surface area contributed by atoms with E-state index in [1.165, 1.54) is 0 Å². The zero-order chi connectivity index (χ0) is 24.4. The van der Waals surface area contributed by atoms with Crippen molar-refractivity contribution < 1.29 is 28.7 Å². The number of carbonyl (C=O) groups excluding carboxylic acids is 4. The first kappa shape index (κ1) is 26.7. The Hall–Kier alpha value is -2.56. The lowest BCUT2D eigenvalue weighted by Gasteiger charge is -2.08. The van der Waals surface area contributed by atoms with E-state index in [4.69, 9.17) is 21.1 Å². The van der Waals surface area contributed by atoms with Gasteiger partial charge in [0.25, 0.3) is 5.91 Å². The number of esters is 1. The van der Waals surface area contributed by atoms with Gasteiger partial charge in [-0.1, -0.05) is 11.6 Å². The molecule has 0 radical (unpaired) electrons. The molecule has 1 heterocycles. The Balaban J connectivity index is 2.07. The highest BCUT2D eigenvalue weighted by Gasteiger charge is 2.27. The number of rotatable bonds is 10. The molecule has 2 aromatic rings. The summed E-state index contributed by atoms with van der Waals surface area (Å²) >= 11 is 8.41. The zero-order valence-corrected chi connectivity index (χ0v) is 20.9. The van der Waals surface area contributed by atoms with E-state index < -0.39 is 18.0 Å². The highest BCUT2D eigenvalue weighted by Crippen LogP contribution is 2.34. The van der Waals surface area contributed by atoms with Gasteiger partial charge in [-0.2, -0.15) is 0 Å². The van der Waals surface area contributed by atoms with Crippen LogP contribution in [0.25, 0.3) is 0 Å². The minimum absolute atomic E-state index is 0.0278. The summed E-state index contributed by atoms with van der Waals surface area (Å²) in [4.78, 5) is 50.4. The van der Waals surface area contributed by atoms with Crippen LogP contribution < -0.4 is 10.6 Å². The van der Waals surface area contributed by atoms with Crippen molar-refractivity contribution in [3.8, 4) is 0 Å². The van der Waals surface area contributed by atoms with Crippen LogP contribution in [0.3, 0.4) is 0 Å². The van der Waals surface area contributed by atoms with Gasteiger partial charge in [0.2, 0.25) is 5.91 Å². The summed E-state index contributed by atoms with van der Waals surface area (Å²) in [6, 6.07) is 7.43. The van der Waals surface area contributed by atoms with E-state index in [0.717, 1.165) is 16.2 Å². The average molecular weight is 513 g/mol. The molecule has 0 fully saturated rings. The minimum atomic E-state index is -0.915. The summed E-state index contributed by atoms with van der Waals surface area (Å²) in [6.45, 7) is 5.08. The molecule has 0 saturated carbocycles. The Morgan fingerprint density at radius 2 is 1.73 bits per heavy atom. The Bertz CT molecular complexity index is 1010. The number of anilines is 1. The monoisotopic (exact) mass is 512 g/mol. The fourth-order valence-electron chi connectivity index (χ4n) is 2.73. The first-order chi connectivity index (χ1) is 15.8. The molecule has 0 aliphatic rings. The van der Waals surface area contributed by atoms with Crippen LogP contribution in [-0.2, 0) is 14.3 Å². The number of alkyl carbamates (subject to hydrolysis) is 1. The Morgan fingerprint density at radius 1 is 1.06 bits per heavy atom. The van der Waals surface area contributed by atoms with Gasteiger partial charge in [-0.3, -0.25) is 14.9 Å². The van der Waals surface area contributed by atoms with Crippen LogP contribution in [-0.4, -0.2) is 42.8 Å². The van der Waals surface area contributed by atoms with Crippen LogP contribution in [0.2, 0.25) is 5.02 Å². The van der Waals surface area contributed by atoms with Crippen molar-refractivity contribution in [2.45, 2.75) is 38.5 Å². The molecule has 11 heteroatoms. The van der Waals surface area contributed by atoms with Crippen LogP contribution in [0.15, 0.2) is 29.2 Å². The van der Waals surface area contributed by atoms with Crippen LogP contribution in [0, 0.1) is 6.92 Å². The lowest BCUT2D eigenvalue weighted by Crippen LogP contribution is -2.32. The topological polar surface area (TPSA) is 111 Å². The van der Waals surface area contributed by atoms with Crippen LogP contribution in [0.1, 0.15) is 52.3 Å². The maximum Gasteiger partial charge on any atom is 0.414 e. The normalized spacial score (nSPS) is 10.4. The Morgan fingerprint density at radius 3 is 2.36 bits per heavy atom. The highest BCUT2D eigenvalue weighted by atomic mass is 35.5. The quantitative estimate of drug-likeness (QED) is 0.253. The number of halogens is 1. The molecule has 3 amide bonds. The van der Waals surface area contributed by atoms with Gasteiger partial charge in [-0.15, -0.1) is 23.1 Å². The molecule has 0 aliphatic heterocycles. The van der Waals surface area contributed by atoms with E-state index in [2.05, 4.69) is 10.6 Å². The van der Waals surface area contributed by atoms with E-state index in [9.17, 15) is 19.2 Å². The third kappa shape index (κ3) is 8.06. The predicted octanol–water partition coefficient (Wildman–Crippen LogP) is 5.28. The highest BCUT2D eigenvalue weighted by molar-refractivity contribution is 7.99. The number of amides is 3. The molecule has 33 heavy (non-hydrogen) atoms. The van der Waals surface area contributed by atoms with Crippen molar-refractivity contribution in [2.24, 2.45) is 0 Å². The SMILES string of the molecule is CCOC(=O)NC(=O)c1c(NC(=O)CCCSc2ccc(Cl)cc2)sc(C(=O)OCC)c1C. The van der Waals surface area contributed by atoms with Crippen molar-refractivity contribution in [1.29, 1.82) is 0 Å². The summed E-state index contributed by atoms with van der Waals surface area (Å²) in [7, 11) is 0. The molecule has 2 rings (SSSR count).